The molecular formula is C14H16BBr. The van der Waals surface area contributed by atoms with E-state index >= 15 is 0 Å². The van der Waals surface area contributed by atoms with Crippen LogP contribution in [0.15, 0.2) is 42.5 Å². The van der Waals surface area contributed by atoms with Gasteiger partial charge in [0.1, 0.15) is 0 Å². The Morgan fingerprint density at radius 1 is 1.12 bits per heavy atom. The van der Waals surface area contributed by atoms with Crippen LogP contribution >= 0.6 is 15.9 Å². The quantitative estimate of drug-likeness (QED) is 0.592. The van der Waals surface area contributed by atoms with E-state index in [1.165, 1.54) is 29.1 Å². The molecule has 0 nitrogen and oxygen atoms in total. The third-order valence-corrected chi connectivity index (χ3v) is 3.70. The second kappa shape index (κ2) is 5.54. The molecular weight excluding hydrogens is 259 g/mol. The van der Waals surface area contributed by atoms with Crippen molar-refractivity contribution in [2.75, 3.05) is 0 Å². The van der Waals surface area contributed by atoms with Gasteiger partial charge in [-0.2, -0.15) is 0 Å². The second-order valence-electron chi connectivity index (χ2n) is 4.23. The summed E-state index contributed by atoms with van der Waals surface area (Å²) in [4.78, 5) is 0. The normalized spacial score (nSPS) is 12.6. The first-order valence-corrected chi connectivity index (χ1v) is 6.83. The van der Waals surface area contributed by atoms with Crippen molar-refractivity contribution >= 4 is 39.4 Å². The predicted octanol–water partition coefficient (Wildman–Crippen LogP) is 3.42. The van der Waals surface area contributed by atoms with E-state index in [0.717, 1.165) is 7.28 Å². The van der Waals surface area contributed by atoms with E-state index in [1.54, 1.807) is 0 Å². The Hall–Kier alpha value is -0.755. The van der Waals surface area contributed by atoms with E-state index in [0.29, 0.717) is 4.73 Å². The van der Waals surface area contributed by atoms with Gasteiger partial charge in [0.2, 0.25) is 0 Å². The Bertz CT molecular complexity index is 462. The van der Waals surface area contributed by atoms with Gasteiger partial charge in [-0.25, -0.2) is 0 Å². The third-order valence-electron chi connectivity index (χ3n) is 2.92. The average molecular weight is 275 g/mol. The number of alkyl halides is 1. The molecule has 2 rings (SSSR count). The van der Waals surface area contributed by atoms with Crippen molar-refractivity contribution in [3.8, 4) is 0 Å². The van der Waals surface area contributed by atoms with Gasteiger partial charge < -0.3 is 0 Å². The molecule has 0 aromatic heterocycles. The minimum atomic E-state index is 0.600. The van der Waals surface area contributed by atoms with Gasteiger partial charge in [0, 0.05) is 0 Å². The van der Waals surface area contributed by atoms with Crippen LogP contribution in [-0.4, -0.2) is 12.0 Å². The highest BCUT2D eigenvalue weighted by atomic mass is 79.9. The van der Waals surface area contributed by atoms with Gasteiger partial charge in [-0.05, 0) is 21.9 Å². The summed E-state index contributed by atoms with van der Waals surface area (Å²) < 4.78 is 0.600. The molecule has 0 amide bonds. The zero-order valence-corrected chi connectivity index (χ0v) is 11.2. The van der Waals surface area contributed by atoms with Crippen LogP contribution in [0, 0.1) is 0 Å². The first-order chi connectivity index (χ1) is 7.81. The van der Waals surface area contributed by atoms with E-state index in [-0.39, 0.29) is 0 Å². The number of hydrogen-bond acceptors (Lipinski definition) is 0. The Morgan fingerprint density at radius 3 is 2.69 bits per heavy atom. The van der Waals surface area contributed by atoms with Crippen LogP contribution in [0.25, 0.3) is 10.8 Å². The Balaban J connectivity index is 2.30. The number of hydrogen-bond donors (Lipinski definition) is 0. The fourth-order valence-electron chi connectivity index (χ4n) is 2.12. The largest absolute Gasteiger partial charge is 0.174 e. The summed E-state index contributed by atoms with van der Waals surface area (Å²) in [6.45, 7) is 2.23. The monoisotopic (exact) mass is 274 g/mol. The molecule has 0 heterocycles. The summed E-state index contributed by atoms with van der Waals surface area (Å²) >= 11 is 3.76. The van der Waals surface area contributed by atoms with Gasteiger partial charge in [0.15, 0.2) is 7.28 Å². The molecule has 0 aliphatic carbocycles. The molecule has 1 unspecified atom stereocenters. The lowest BCUT2D eigenvalue weighted by Crippen LogP contribution is -2.24. The van der Waals surface area contributed by atoms with Crippen molar-refractivity contribution in [1.82, 2.24) is 0 Å². The molecule has 1 atom stereocenters. The highest BCUT2D eigenvalue weighted by Crippen LogP contribution is 2.13. The molecule has 0 aliphatic rings. The lowest BCUT2D eigenvalue weighted by molar-refractivity contribution is 0.868. The first-order valence-electron chi connectivity index (χ1n) is 5.92. The number of fused-ring (bicyclic) bond motifs is 1. The van der Waals surface area contributed by atoms with Gasteiger partial charge in [0.05, 0.1) is 0 Å². The lowest BCUT2D eigenvalue weighted by Gasteiger charge is -2.09. The smallest absolute Gasteiger partial charge is 0.0980 e. The first kappa shape index (κ1) is 11.7. The van der Waals surface area contributed by atoms with Crippen molar-refractivity contribution in [2.24, 2.45) is 0 Å². The van der Waals surface area contributed by atoms with Gasteiger partial charge in [-0.1, -0.05) is 77.2 Å². The van der Waals surface area contributed by atoms with E-state index < -0.39 is 0 Å². The highest BCUT2D eigenvalue weighted by Gasteiger charge is 2.08. The predicted molar refractivity (Wildman–Crippen MR) is 78.4 cm³/mol. The van der Waals surface area contributed by atoms with Crippen molar-refractivity contribution in [3.63, 3.8) is 0 Å². The molecule has 2 heteroatoms. The van der Waals surface area contributed by atoms with Crippen LogP contribution in [0.2, 0.25) is 0 Å². The lowest BCUT2D eigenvalue weighted by atomic mass is 9.64. The number of rotatable bonds is 4. The SMILES string of the molecule is CCCC(Br)Bc1cccc2ccccc12. The second-order valence-corrected chi connectivity index (χ2v) is 5.52. The fourth-order valence-corrected chi connectivity index (χ4v) is 2.93. The minimum Gasteiger partial charge on any atom is -0.0980 e. The van der Waals surface area contributed by atoms with Crippen LogP contribution in [0.5, 0.6) is 0 Å². The van der Waals surface area contributed by atoms with Crippen LogP contribution in [0.4, 0.5) is 0 Å². The van der Waals surface area contributed by atoms with Crippen LogP contribution in [-0.2, 0) is 0 Å². The molecule has 0 bridgehead atoms. The maximum Gasteiger partial charge on any atom is 0.174 e. The molecule has 0 saturated heterocycles. The van der Waals surface area contributed by atoms with E-state index in [4.69, 9.17) is 0 Å². The van der Waals surface area contributed by atoms with Crippen molar-refractivity contribution < 1.29 is 0 Å². The zero-order valence-electron chi connectivity index (χ0n) is 9.62. The van der Waals surface area contributed by atoms with Gasteiger partial charge in [-0.3, -0.25) is 0 Å². The van der Waals surface area contributed by atoms with Crippen molar-refractivity contribution in [1.29, 1.82) is 0 Å². The van der Waals surface area contributed by atoms with Gasteiger partial charge in [-0.15, -0.1) is 0 Å². The molecule has 2 aromatic carbocycles. The van der Waals surface area contributed by atoms with Crippen LogP contribution in [0.3, 0.4) is 0 Å². The van der Waals surface area contributed by atoms with Crippen molar-refractivity contribution in [2.45, 2.75) is 24.5 Å². The van der Waals surface area contributed by atoms with Crippen LogP contribution in [0.1, 0.15) is 19.8 Å². The molecule has 0 aliphatic heterocycles. The van der Waals surface area contributed by atoms with E-state index in [2.05, 4.69) is 65.3 Å². The molecule has 0 radical (unpaired) electrons. The standard InChI is InChI=1S/C14H16BBr/c1-2-6-14(16)15-13-10-5-8-11-7-3-4-9-12(11)13/h3-5,7-10,14-15H,2,6H2,1H3. The summed E-state index contributed by atoms with van der Waals surface area (Å²) in [5.74, 6) is 0. The van der Waals surface area contributed by atoms with E-state index in [9.17, 15) is 0 Å². The number of benzene rings is 2. The fraction of sp³-hybridized carbons (Fsp3) is 0.286. The highest BCUT2D eigenvalue weighted by molar-refractivity contribution is 9.10. The minimum absolute atomic E-state index is 0.600. The molecule has 0 saturated carbocycles. The van der Waals surface area contributed by atoms with Gasteiger partial charge in [0.25, 0.3) is 0 Å². The Kier molecular flexibility index (Phi) is 4.06. The summed E-state index contributed by atoms with van der Waals surface area (Å²) in [5, 5.41) is 2.74. The Morgan fingerprint density at radius 2 is 1.88 bits per heavy atom. The molecule has 0 fully saturated rings. The topological polar surface area (TPSA) is 0 Å². The number of halogens is 1. The van der Waals surface area contributed by atoms with Gasteiger partial charge >= 0.3 is 0 Å². The summed E-state index contributed by atoms with van der Waals surface area (Å²) in [6, 6.07) is 15.2. The molecule has 0 spiro atoms. The Labute approximate surface area is 106 Å². The van der Waals surface area contributed by atoms with Crippen molar-refractivity contribution in [3.05, 3.63) is 42.5 Å². The zero-order chi connectivity index (χ0) is 11.4. The maximum atomic E-state index is 3.76. The summed E-state index contributed by atoms with van der Waals surface area (Å²) in [5.41, 5.74) is 1.45. The van der Waals surface area contributed by atoms with Crippen LogP contribution < -0.4 is 5.46 Å². The molecule has 16 heavy (non-hydrogen) atoms. The average Bonchev–Trinajstić information content (AvgIpc) is 2.30. The molecule has 0 N–H and O–H groups in total. The van der Waals surface area contributed by atoms with E-state index in [1.807, 2.05) is 0 Å². The molecule has 2 aromatic rings. The maximum absolute atomic E-state index is 3.76. The summed E-state index contributed by atoms with van der Waals surface area (Å²) in [7, 11) is 1.12. The molecule has 82 valence electrons. The summed E-state index contributed by atoms with van der Waals surface area (Å²) in [6.07, 6.45) is 2.48. The third kappa shape index (κ3) is 2.68.